The Labute approximate surface area is 189 Å². The molecule has 172 valence electrons. The van der Waals surface area contributed by atoms with Crippen molar-refractivity contribution in [2.24, 2.45) is 5.92 Å². The second-order valence-corrected chi connectivity index (χ2v) is 7.78. The zero-order valence-electron chi connectivity index (χ0n) is 17.7. The summed E-state index contributed by atoms with van der Waals surface area (Å²) in [5.41, 5.74) is 0.213. The van der Waals surface area contributed by atoms with E-state index >= 15 is 0 Å². The fraction of sp³-hybridized carbons (Fsp3) is 0.292. The van der Waals surface area contributed by atoms with Crippen LogP contribution in [0.5, 0.6) is 17.4 Å². The van der Waals surface area contributed by atoms with Crippen molar-refractivity contribution in [3.63, 3.8) is 0 Å². The molecule has 0 bridgehead atoms. The monoisotopic (exact) mass is 457 g/mol. The first kappa shape index (κ1) is 22.6. The standard InChI is InChI=1S/C24H22F3N3O3/c25-24(26,27)18-4-9-22(29-16-18)32-20-5-7-21(8-6-20)33-23(31)30-13-10-17(11-14-30)15-19-3-1-2-12-28-19/h1-9,12,16-17H,10-11,13-15H2. The van der Waals surface area contributed by atoms with Crippen molar-refractivity contribution in [2.75, 3.05) is 13.1 Å². The summed E-state index contributed by atoms with van der Waals surface area (Å²) in [6.07, 6.45) is 0.314. The van der Waals surface area contributed by atoms with E-state index in [2.05, 4.69) is 9.97 Å². The van der Waals surface area contributed by atoms with Gasteiger partial charge in [0.15, 0.2) is 0 Å². The SMILES string of the molecule is O=C(Oc1ccc(Oc2ccc(C(F)(F)F)cn2)cc1)N1CCC(Cc2ccccn2)CC1. The van der Waals surface area contributed by atoms with Crippen molar-refractivity contribution in [1.82, 2.24) is 14.9 Å². The normalized spacial score (nSPS) is 14.7. The Kier molecular flexibility index (Phi) is 6.76. The van der Waals surface area contributed by atoms with Crippen LogP contribution in [0, 0.1) is 5.92 Å². The number of aromatic nitrogens is 2. The zero-order valence-corrected chi connectivity index (χ0v) is 17.7. The van der Waals surface area contributed by atoms with Gasteiger partial charge in [-0.3, -0.25) is 4.98 Å². The number of amides is 1. The summed E-state index contributed by atoms with van der Waals surface area (Å²) in [6, 6.07) is 14.2. The lowest BCUT2D eigenvalue weighted by Crippen LogP contribution is -2.40. The molecule has 1 fully saturated rings. The van der Waals surface area contributed by atoms with Crippen LogP contribution in [0.2, 0.25) is 0 Å². The molecule has 9 heteroatoms. The number of likely N-dealkylation sites (tertiary alicyclic amines) is 1. The molecule has 0 N–H and O–H groups in total. The number of halogens is 3. The third-order valence-corrected chi connectivity index (χ3v) is 5.41. The van der Waals surface area contributed by atoms with Gasteiger partial charge in [0.25, 0.3) is 0 Å². The fourth-order valence-electron chi connectivity index (χ4n) is 3.60. The number of nitrogens with zero attached hydrogens (tertiary/aromatic N) is 3. The van der Waals surface area contributed by atoms with E-state index in [-0.39, 0.29) is 5.88 Å². The summed E-state index contributed by atoms with van der Waals surface area (Å²) in [4.78, 5) is 22.2. The zero-order chi connectivity index (χ0) is 23.3. The van der Waals surface area contributed by atoms with Gasteiger partial charge < -0.3 is 14.4 Å². The molecule has 2 aromatic heterocycles. The number of ether oxygens (including phenoxy) is 2. The Morgan fingerprint density at radius 2 is 1.70 bits per heavy atom. The maximum Gasteiger partial charge on any atom is 0.417 e. The third kappa shape index (κ3) is 6.21. The van der Waals surface area contributed by atoms with Crippen LogP contribution in [0.25, 0.3) is 0 Å². The summed E-state index contributed by atoms with van der Waals surface area (Å²) in [5, 5.41) is 0. The first-order valence-electron chi connectivity index (χ1n) is 10.5. The summed E-state index contributed by atoms with van der Waals surface area (Å²) < 4.78 is 48.7. The molecular formula is C24H22F3N3O3. The third-order valence-electron chi connectivity index (χ3n) is 5.41. The minimum absolute atomic E-state index is 0.0290. The van der Waals surface area contributed by atoms with E-state index in [1.807, 2.05) is 18.2 Å². The highest BCUT2D eigenvalue weighted by Gasteiger charge is 2.30. The average molecular weight is 457 g/mol. The topological polar surface area (TPSA) is 64.6 Å². The molecule has 3 heterocycles. The molecule has 1 aliphatic rings. The number of carbonyl (C=O) groups excluding carboxylic acids is 1. The lowest BCUT2D eigenvalue weighted by molar-refractivity contribution is -0.137. The fourth-order valence-corrected chi connectivity index (χ4v) is 3.60. The van der Waals surface area contributed by atoms with Crippen molar-refractivity contribution in [3.8, 4) is 17.4 Å². The number of rotatable bonds is 5. The minimum Gasteiger partial charge on any atom is -0.439 e. The molecule has 0 atom stereocenters. The van der Waals surface area contributed by atoms with Gasteiger partial charge in [0, 0.05) is 37.2 Å². The van der Waals surface area contributed by atoms with E-state index in [0.29, 0.717) is 36.7 Å². The van der Waals surface area contributed by atoms with Crippen molar-refractivity contribution in [1.29, 1.82) is 0 Å². The Morgan fingerprint density at radius 1 is 0.970 bits per heavy atom. The van der Waals surface area contributed by atoms with E-state index in [0.717, 1.165) is 37.1 Å². The Hall–Kier alpha value is -3.62. The average Bonchev–Trinajstić information content (AvgIpc) is 2.81. The second kappa shape index (κ2) is 9.89. The number of hydrogen-bond donors (Lipinski definition) is 0. The maximum absolute atomic E-state index is 12.6. The number of hydrogen-bond acceptors (Lipinski definition) is 5. The van der Waals surface area contributed by atoms with Crippen LogP contribution in [0.1, 0.15) is 24.1 Å². The van der Waals surface area contributed by atoms with Gasteiger partial charge in [-0.05, 0) is 67.6 Å². The molecule has 0 radical (unpaired) electrons. The smallest absolute Gasteiger partial charge is 0.417 e. The van der Waals surface area contributed by atoms with Crippen LogP contribution in [-0.4, -0.2) is 34.1 Å². The molecule has 1 aliphatic heterocycles. The molecular weight excluding hydrogens is 435 g/mol. The van der Waals surface area contributed by atoms with Crippen LogP contribution in [0.4, 0.5) is 18.0 Å². The van der Waals surface area contributed by atoms with E-state index in [1.165, 1.54) is 0 Å². The van der Waals surface area contributed by atoms with E-state index in [1.54, 1.807) is 35.4 Å². The molecule has 0 aliphatic carbocycles. The molecule has 6 nitrogen and oxygen atoms in total. The molecule has 0 spiro atoms. The predicted molar refractivity (Wildman–Crippen MR) is 114 cm³/mol. The predicted octanol–water partition coefficient (Wildman–Crippen LogP) is 5.74. The Bertz CT molecular complexity index is 1050. The van der Waals surface area contributed by atoms with E-state index in [9.17, 15) is 18.0 Å². The molecule has 0 saturated carbocycles. The Balaban J connectivity index is 1.25. The minimum atomic E-state index is -4.45. The van der Waals surface area contributed by atoms with Gasteiger partial charge in [0.1, 0.15) is 11.5 Å². The summed E-state index contributed by atoms with van der Waals surface area (Å²) >= 11 is 0. The second-order valence-electron chi connectivity index (χ2n) is 7.78. The molecule has 1 amide bonds. The van der Waals surface area contributed by atoms with E-state index in [4.69, 9.17) is 9.47 Å². The van der Waals surface area contributed by atoms with Gasteiger partial charge >= 0.3 is 12.3 Å². The number of carbonyl (C=O) groups is 1. The molecule has 0 unspecified atom stereocenters. The molecule has 33 heavy (non-hydrogen) atoms. The number of pyridine rings is 2. The van der Waals surface area contributed by atoms with Gasteiger partial charge in [-0.25, -0.2) is 9.78 Å². The van der Waals surface area contributed by atoms with Crippen LogP contribution in [0.15, 0.2) is 67.0 Å². The van der Waals surface area contributed by atoms with Crippen LogP contribution in [-0.2, 0) is 12.6 Å². The van der Waals surface area contributed by atoms with Crippen LogP contribution >= 0.6 is 0 Å². The largest absolute Gasteiger partial charge is 0.439 e. The molecule has 1 saturated heterocycles. The van der Waals surface area contributed by atoms with Crippen LogP contribution < -0.4 is 9.47 Å². The highest BCUT2D eigenvalue weighted by atomic mass is 19.4. The quantitative estimate of drug-likeness (QED) is 0.489. The molecule has 3 aromatic rings. The summed E-state index contributed by atoms with van der Waals surface area (Å²) in [7, 11) is 0. The first-order valence-corrected chi connectivity index (χ1v) is 10.5. The molecule has 4 rings (SSSR count). The number of piperidine rings is 1. The van der Waals surface area contributed by atoms with E-state index < -0.39 is 17.8 Å². The highest BCUT2D eigenvalue weighted by Crippen LogP contribution is 2.30. The van der Waals surface area contributed by atoms with Gasteiger partial charge in [-0.2, -0.15) is 13.2 Å². The lowest BCUT2D eigenvalue weighted by Gasteiger charge is -2.31. The molecule has 1 aromatic carbocycles. The maximum atomic E-state index is 12.6. The summed E-state index contributed by atoms with van der Waals surface area (Å²) in [6.45, 7) is 1.24. The van der Waals surface area contributed by atoms with Crippen molar-refractivity contribution >= 4 is 6.09 Å². The highest BCUT2D eigenvalue weighted by molar-refractivity contribution is 5.70. The summed E-state index contributed by atoms with van der Waals surface area (Å²) in [5.74, 6) is 1.22. The van der Waals surface area contributed by atoms with Crippen molar-refractivity contribution < 1.29 is 27.4 Å². The van der Waals surface area contributed by atoms with Crippen molar-refractivity contribution in [3.05, 3.63) is 78.2 Å². The first-order chi connectivity index (χ1) is 15.9. The van der Waals surface area contributed by atoms with Crippen LogP contribution in [0.3, 0.4) is 0 Å². The number of alkyl halides is 3. The number of benzene rings is 1. The lowest BCUT2D eigenvalue weighted by atomic mass is 9.92. The Morgan fingerprint density at radius 3 is 2.30 bits per heavy atom. The van der Waals surface area contributed by atoms with Gasteiger partial charge in [-0.1, -0.05) is 6.07 Å². The van der Waals surface area contributed by atoms with Gasteiger partial charge in [0.2, 0.25) is 5.88 Å². The van der Waals surface area contributed by atoms with Crippen molar-refractivity contribution in [2.45, 2.75) is 25.4 Å². The van der Waals surface area contributed by atoms with Gasteiger partial charge in [-0.15, -0.1) is 0 Å². The van der Waals surface area contributed by atoms with Gasteiger partial charge in [0.05, 0.1) is 5.56 Å².